The molecular formula is C31H29NO4S. The highest BCUT2D eigenvalue weighted by Gasteiger charge is 2.23. The van der Waals surface area contributed by atoms with Gasteiger partial charge < -0.3 is 14.8 Å². The summed E-state index contributed by atoms with van der Waals surface area (Å²) in [5.74, 6) is -0.219. The van der Waals surface area contributed by atoms with Crippen LogP contribution in [0, 0.1) is 6.92 Å². The predicted octanol–water partition coefficient (Wildman–Crippen LogP) is 7.07. The van der Waals surface area contributed by atoms with E-state index >= 15 is 0 Å². The van der Waals surface area contributed by atoms with Crippen molar-refractivity contribution in [1.29, 1.82) is 0 Å². The molecule has 0 saturated carbocycles. The highest BCUT2D eigenvalue weighted by molar-refractivity contribution is 7.15. The number of nitrogens with one attached hydrogen (secondary N) is 1. The number of benzene rings is 3. The number of esters is 1. The number of carbonyl (C=O) groups excluding carboxylic acids is 2. The van der Waals surface area contributed by atoms with Crippen LogP contribution >= 0.6 is 11.3 Å². The Kier molecular flexibility index (Phi) is 7.37. The molecule has 4 aromatic rings. The lowest BCUT2D eigenvalue weighted by Crippen LogP contribution is -2.21. The van der Waals surface area contributed by atoms with Crippen molar-refractivity contribution in [2.24, 2.45) is 0 Å². The Hall–Kier alpha value is -3.90. The van der Waals surface area contributed by atoms with Crippen LogP contribution in [0.15, 0.2) is 72.1 Å². The zero-order valence-electron chi connectivity index (χ0n) is 21.0. The van der Waals surface area contributed by atoms with Crippen molar-refractivity contribution in [3.63, 3.8) is 0 Å². The van der Waals surface area contributed by atoms with Crippen LogP contribution in [0.3, 0.4) is 0 Å². The van der Waals surface area contributed by atoms with E-state index in [9.17, 15) is 9.59 Å². The van der Waals surface area contributed by atoms with Crippen LogP contribution < -0.4 is 10.1 Å². The fourth-order valence-electron chi connectivity index (χ4n) is 4.67. The lowest BCUT2D eigenvalue weighted by atomic mass is 9.89. The largest absolute Gasteiger partial charge is 0.484 e. The number of fused-ring (bicyclic) bond motifs is 1. The summed E-state index contributed by atoms with van der Waals surface area (Å²) < 4.78 is 10.8. The van der Waals surface area contributed by atoms with Gasteiger partial charge in [-0.25, -0.2) is 4.79 Å². The highest BCUT2D eigenvalue weighted by atomic mass is 32.1. The number of rotatable bonds is 7. The van der Waals surface area contributed by atoms with Crippen LogP contribution in [0.1, 0.15) is 39.9 Å². The molecule has 5 nitrogen and oxygen atoms in total. The second-order valence-corrected chi connectivity index (χ2v) is 10.1. The quantitative estimate of drug-likeness (QED) is 0.270. The van der Waals surface area contributed by atoms with Gasteiger partial charge in [0.15, 0.2) is 6.61 Å². The number of anilines is 1. The van der Waals surface area contributed by atoms with Crippen molar-refractivity contribution in [3.8, 4) is 28.0 Å². The van der Waals surface area contributed by atoms with Gasteiger partial charge in [-0.3, -0.25) is 4.79 Å². The smallest absolute Gasteiger partial charge is 0.341 e. The average Bonchev–Trinajstić information content (AvgIpc) is 3.35. The number of hydrogen-bond donors (Lipinski definition) is 1. The van der Waals surface area contributed by atoms with Crippen LogP contribution in [-0.2, 0) is 22.4 Å². The molecule has 0 fully saturated rings. The Morgan fingerprint density at radius 2 is 1.51 bits per heavy atom. The van der Waals surface area contributed by atoms with E-state index in [1.165, 1.54) is 48.0 Å². The Labute approximate surface area is 221 Å². The minimum absolute atomic E-state index is 0.170. The van der Waals surface area contributed by atoms with Gasteiger partial charge in [0.25, 0.3) is 5.91 Å². The molecule has 3 aromatic carbocycles. The summed E-state index contributed by atoms with van der Waals surface area (Å²) in [6.07, 6.45) is 4.54. The Bertz CT molecular complexity index is 1420. The number of ether oxygens (including phenoxy) is 2. The maximum absolute atomic E-state index is 12.7. The topological polar surface area (TPSA) is 64.6 Å². The second-order valence-electron chi connectivity index (χ2n) is 9.26. The Morgan fingerprint density at radius 3 is 2.22 bits per heavy atom. The van der Waals surface area contributed by atoms with Crippen LogP contribution in [0.5, 0.6) is 5.75 Å². The zero-order chi connectivity index (χ0) is 25.8. The van der Waals surface area contributed by atoms with Gasteiger partial charge in [0, 0.05) is 10.9 Å². The number of methoxy groups -OCH3 is 1. The molecule has 6 heteroatoms. The maximum Gasteiger partial charge on any atom is 0.341 e. The molecule has 1 aliphatic carbocycles. The fraction of sp³-hybridized carbons (Fsp3) is 0.226. The van der Waals surface area contributed by atoms with Crippen molar-refractivity contribution in [2.75, 3.05) is 19.0 Å². The lowest BCUT2D eigenvalue weighted by molar-refractivity contribution is -0.118. The van der Waals surface area contributed by atoms with Gasteiger partial charge in [-0.05, 0) is 72.6 Å². The van der Waals surface area contributed by atoms with E-state index < -0.39 is 5.97 Å². The molecule has 0 atom stereocenters. The molecule has 188 valence electrons. The number of hydrogen-bond acceptors (Lipinski definition) is 5. The van der Waals surface area contributed by atoms with Crippen molar-refractivity contribution < 1.29 is 19.1 Å². The summed E-state index contributed by atoms with van der Waals surface area (Å²) in [4.78, 5) is 25.4. The number of amides is 1. The summed E-state index contributed by atoms with van der Waals surface area (Å²) in [5.41, 5.74) is 8.23. The van der Waals surface area contributed by atoms with Gasteiger partial charge in [-0.15, -0.1) is 11.3 Å². The zero-order valence-corrected chi connectivity index (χ0v) is 21.8. The van der Waals surface area contributed by atoms with Gasteiger partial charge in [0.1, 0.15) is 16.3 Å². The summed E-state index contributed by atoms with van der Waals surface area (Å²) in [6.45, 7) is 1.89. The lowest BCUT2D eigenvalue weighted by Gasteiger charge is -2.16. The fourth-order valence-corrected chi connectivity index (χ4v) is 5.64. The first-order chi connectivity index (χ1) is 18.0. The highest BCUT2D eigenvalue weighted by Crippen LogP contribution is 2.37. The molecule has 37 heavy (non-hydrogen) atoms. The molecule has 0 unspecified atom stereocenters. The van der Waals surface area contributed by atoms with Crippen molar-refractivity contribution >= 4 is 28.2 Å². The minimum Gasteiger partial charge on any atom is -0.484 e. The van der Waals surface area contributed by atoms with Crippen LogP contribution in [0.25, 0.3) is 22.3 Å². The van der Waals surface area contributed by atoms with E-state index in [1.807, 2.05) is 35.7 Å². The number of carbonyl (C=O) groups is 2. The van der Waals surface area contributed by atoms with Gasteiger partial charge in [0.05, 0.1) is 7.11 Å². The SMILES string of the molecule is COC(=O)c1c(-c2ccc3c(c2)CCCC3)csc1NC(=O)COc1ccc(-c2ccc(C)cc2)cc1. The van der Waals surface area contributed by atoms with E-state index in [0.717, 1.165) is 35.1 Å². The number of aryl methyl sites for hydroxylation is 3. The van der Waals surface area contributed by atoms with Crippen LogP contribution in [-0.4, -0.2) is 25.6 Å². The van der Waals surface area contributed by atoms with E-state index in [0.29, 0.717) is 16.3 Å². The third-order valence-corrected chi connectivity index (χ3v) is 7.60. The third-order valence-electron chi connectivity index (χ3n) is 6.70. The van der Waals surface area contributed by atoms with Crippen molar-refractivity contribution in [3.05, 3.63) is 94.4 Å². The van der Waals surface area contributed by atoms with Crippen LogP contribution in [0.4, 0.5) is 5.00 Å². The maximum atomic E-state index is 12.7. The first-order valence-electron chi connectivity index (χ1n) is 12.4. The summed E-state index contributed by atoms with van der Waals surface area (Å²) in [5, 5.41) is 5.21. The second kappa shape index (κ2) is 11.0. The van der Waals surface area contributed by atoms with E-state index in [1.54, 1.807) is 0 Å². The number of thiophene rings is 1. The molecule has 1 heterocycles. The third kappa shape index (κ3) is 5.59. The van der Waals surface area contributed by atoms with Crippen molar-refractivity contribution in [2.45, 2.75) is 32.6 Å². The first-order valence-corrected chi connectivity index (χ1v) is 13.3. The molecule has 1 aromatic heterocycles. The molecular weight excluding hydrogens is 482 g/mol. The van der Waals surface area contributed by atoms with E-state index in [2.05, 4.69) is 48.6 Å². The summed E-state index contributed by atoms with van der Waals surface area (Å²) in [7, 11) is 1.35. The molecule has 0 spiro atoms. The predicted molar refractivity (Wildman–Crippen MR) is 148 cm³/mol. The molecule has 0 bridgehead atoms. The Morgan fingerprint density at radius 1 is 0.865 bits per heavy atom. The summed E-state index contributed by atoms with van der Waals surface area (Å²) >= 11 is 1.31. The molecule has 0 saturated heterocycles. The monoisotopic (exact) mass is 511 g/mol. The first kappa shape index (κ1) is 24.8. The average molecular weight is 512 g/mol. The van der Waals surface area contributed by atoms with Gasteiger partial charge in [-0.2, -0.15) is 0 Å². The van der Waals surface area contributed by atoms with Crippen LogP contribution in [0.2, 0.25) is 0 Å². The minimum atomic E-state index is -0.475. The van der Waals surface area contributed by atoms with Gasteiger partial charge >= 0.3 is 5.97 Å². The molecule has 0 aliphatic heterocycles. The van der Waals surface area contributed by atoms with E-state index in [-0.39, 0.29) is 12.5 Å². The summed E-state index contributed by atoms with van der Waals surface area (Å²) in [6, 6.07) is 22.3. The van der Waals surface area contributed by atoms with Gasteiger partial charge in [-0.1, -0.05) is 60.2 Å². The van der Waals surface area contributed by atoms with Gasteiger partial charge in [0.2, 0.25) is 0 Å². The molecule has 1 aliphatic rings. The Balaban J connectivity index is 1.27. The standard InChI is InChI=1S/C31H29NO4S/c1-20-7-9-22(10-8-20)23-13-15-26(16-14-23)36-18-28(33)32-30-29(31(34)35-2)27(19-37-30)25-12-11-21-5-3-4-6-24(21)17-25/h7-17,19H,3-6,18H2,1-2H3,(H,32,33). The molecule has 0 radical (unpaired) electrons. The molecule has 1 N–H and O–H groups in total. The molecule has 1 amide bonds. The van der Waals surface area contributed by atoms with E-state index in [4.69, 9.17) is 9.47 Å². The molecule has 5 rings (SSSR count). The van der Waals surface area contributed by atoms with Crippen molar-refractivity contribution in [1.82, 2.24) is 0 Å². The normalized spacial score (nSPS) is 12.5.